The molecule has 1 aliphatic heterocycles. The summed E-state index contributed by atoms with van der Waals surface area (Å²) in [6.07, 6.45) is 2.42. The van der Waals surface area contributed by atoms with E-state index >= 15 is 0 Å². The zero-order valence-corrected chi connectivity index (χ0v) is 18.5. The van der Waals surface area contributed by atoms with E-state index in [0.29, 0.717) is 18.7 Å². The molecule has 1 fully saturated rings. The van der Waals surface area contributed by atoms with Gasteiger partial charge >= 0.3 is 6.03 Å². The molecule has 2 heterocycles. The molecule has 9 heteroatoms. The lowest BCUT2D eigenvalue weighted by atomic mass is 10.1. The first-order chi connectivity index (χ1) is 16.0. The lowest BCUT2D eigenvalue weighted by Crippen LogP contribution is -2.37. The van der Waals surface area contributed by atoms with Crippen molar-refractivity contribution < 1.29 is 23.9 Å². The minimum atomic E-state index is -0.868. The second-order valence-corrected chi connectivity index (χ2v) is 7.80. The average Bonchev–Trinajstić information content (AvgIpc) is 3.34. The Balaban J connectivity index is 1.29. The topological polar surface area (TPSA) is 113 Å². The number of imide groups is 1. The summed E-state index contributed by atoms with van der Waals surface area (Å²) >= 11 is 0. The van der Waals surface area contributed by atoms with E-state index in [9.17, 15) is 14.4 Å². The molecule has 1 saturated heterocycles. The Kier molecular flexibility index (Phi) is 6.48. The van der Waals surface area contributed by atoms with Crippen LogP contribution >= 0.6 is 0 Å². The molecule has 0 unspecified atom stereocenters. The van der Waals surface area contributed by atoms with Crippen LogP contribution in [0, 0.1) is 0 Å². The molecule has 3 N–H and O–H groups in total. The van der Waals surface area contributed by atoms with E-state index in [2.05, 4.69) is 15.6 Å². The minimum Gasteiger partial charge on any atom is -0.497 e. The third-order valence-electron chi connectivity index (χ3n) is 5.69. The van der Waals surface area contributed by atoms with Crippen LogP contribution in [0.15, 0.2) is 48.7 Å². The second kappa shape index (κ2) is 9.64. The van der Waals surface area contributed by atoms with Gasteiger partial charge in [0.05, 0.1) is 27.2 Å². The number of aromatic amines is 1. The van der Waals surface area contributed by atoms with Gasteiger partial charge in [0, 0.05) is 23.6 Å². The first-order valence-corrected chi connectivity index (χ1v) is 10.6. The summed E-state index contributed by atoms with van der Waals surface area (Å²) in [5.74, 6) is 0.756. The fourth-order valence-corrected chi connectivity index (χ4v) is 3.86. The molecule has 3 aromatic rings. The van der Waals surface area contributed by atoms with E-state index < -0.39 is 18.0 Å². The summed E-state index contributed by atoms with van der Waals surface area (Å²) in [4.78, 5) is 41.7. The molecule has 0 spiro atoms. The summed E-state index contributed by atoms with van der Waals surface area (Å²) < 4.78 is 10.4. The molecular weight excluding hydrogens is 424 g/mol. The number of carbonyl (C=O) groups is 3. The maximum Gasteiger partial charge on any atom is 0.325 e. The molecule has 2 aromatic carbocycles. The first-order valence-electron chi connectivity index (χ1n) is 10.6. The normalized spacial score (nSPS) is 15.6. The highest BCUT2D eigenvalue weighted by atomic mass is 16.5. The Morgan fingerprint density at radius 3 is 2.52 bits per heavy atom. The van der Waals surface area contributed by atoms with Crippen molar-refractivity contribution in [2.45, 2.75) is 25.4 Å². The number of carbonyl (C=O) groups excluding carboxylic acids is 3. The van der Waals surface area contributed by atoms with Crippen LogP contribution in [-0.4, -0.2) is 54.5 Å². The number of H-pyrrole nitrogens is 1. The van der Waals surface area contributed by atoms with E-state index in [4.69, 9.17) is 9.47 Å². The van der Waals surface area contributed by atoms with Crippen LogP contribution in [0.1, 0.15) is 17.5 Å². The molecule has 172 valence electrons. The zero-order valence-electron chi connectivity index (χ0n) is 18.5. The van der Waals surface area contributed by atoms with E-state index in [-0.39, 0.29) is 18.9 Å². The number of aromatic nitrogens is 1. The van der Waals surface area contributed by atoms with Crippen molar-refractivity contribution in [2.75, 3.05) is 20.8 Å². The fraction of sp³-hybridized carbons (Fsp3) is 0.292. The van der Waals surface area contributed by atoms with Crippen LogP contribution in [-0.2, 0) is 22.6 Å². The smallest absolute Gasteiger partial charge is 0.325 e. The lowest BCUT2D eigenvalue weighted by molar-refractivity contribution is -0.131. The number of amides is 4. The molecule has 1 aliphatic rings. The van der Waals surface area contributed by atoms with Gasteiger partial charge in [-0.15, -0.1) is 0 Å². The van der Waals surface area contributed by atoms with Crippen LogP contribution in [0.3, 0.4) is 0 Å². The van der Waals surface area contributed by atoms with Gasteiger partial charge in [0.1, 0.15) is 17.5 Å². The van der Waals surface area contributed by atoms with E-state index in [0.717, 1.165) is 32.7 Å². The van der Waals surface area contributed by atoms with Crippen molar-refractivity contribution in [3.63, 3.8) is 0 Å². The number of rotatable bonds is 9. The number of ether oxygens (including phenoxy) is 2. The van der Waals surface area contributed by atoms with Gasteiger partial charge in [-0.05, 0) is 47.9 Å². The van der Waals surface area contributed by atoms with Gasteiger partial charge in [-0.2, -0.15) is 0 Å². The molecule has 4 amide bonds. The minimum absolute atomic E-state index is 0.106. The summed E-state index contributed by atoms with van der Waals surface area (Å²) in [7, 11) is 3.19. The van der Waals surface area contributed by atoms with Gasteiger partial charge in [0.15, 0.2) is 0 Å². The van der Waals surface area contributed by atoms with E-state index in [1.165, 1.54) is 0 Å². The van der Waals surface area contributed by atoms with Crippen LogP contribution < -0.4 is 20.1 Å². The standard InChI is InChI=1S/C24H26N4O5/c1-32-17-5-3-15(4-6-17)14-28-23(30)21(27-24(28)31)12-22(29)25-10-9-16-13-26-20-8-7-18(33-2)11-19(16)20/h3-8,11,13,21,26H,9-10,12,14H2,1-2H3,(H,25,29)(H,27,31)/t21-/m0/s1. The number of hydrogen-bond acceptors (Lipinski definition) is 5. The van der Waals surface area contributed by atoms with E-state index in [1.54, 1.807) is 38.5 Å². The third-order valence-corrected chi connectivity index (χ3v) is 5.69. The predicted octanol–water partition coefficient (Wildman–Crippen LogP) is 2.35. The van der Waals surface area contributed by atoms with Crippen LogP contribution in [0.5, 0.6) is 11.5 Å². The monoisotopic (exact) mass is 450 g/mol. The highest BCUT2D eigenvalue weighted by Gasteiger charge is 2.38. The van der Waals surface area contributed by atoms with Crippen molar-refractivity contribution in [2.24, 2.45) is 0 Å². The summed E-state index contributed by atoms with van der Waals surface area (Å²) in [5, 5.41) is 6.47. The average molecular weight is 450 g/mol. The largest absolute Gasteiger partial charge is 0.497 e. The van der Waals surface area contributed by atoms with Gasteiger partial charge in [-0.25, -0.2) is 4.79 Å². The van der Waals surface area contributed by atoms with Crippen molar-refractivity contribution in [3.05, 3.63) is 59.8 Å². The number of methoxy groups -OCH3 is 2. The molecule has 1 aromatic heterocycles. The molecule has 33 heavy (non-hydrogen) atoms. The van der Waals surface area contributed by atoms with Crippen molar-refractivity contribution >= 4 is 28.7 Å². The molecule has 0 aliphatic carbocycles. The van der Waals surface area contributed by atoms with Crippen LogP contribution in [0.4, 0.5) is 4.79 Å². The summed E-state index contributed by atoms with van der Waals surface area (Å²) in [6.45, 7) is 0.546. The first kappa shape index (κ1) is 22.2. The number of nitrogens with zero attached hydrogens (tertiary/aromatic N) is 1. The van der Waals surface area contributed by atoms with Crippen molar-refractivity contribution in [1.82, 2.24) is 20.5 Å². The maximum atomic E-state index is 12.7. The SMILES string of the molecule is COc1ccc(CN2C(=O)N[C@@H](CC(=O)NCCc3c[nH]c4ccc(OC)cc34)C2=O)cc1. The number of nitrogens with one attached hydrogen (secondary N) is 3. The Morgan fingerprint density at radius 2 is 1.79 bits per heavy atom. The van der Waals surface area contributed by atoms with Crippen LogP contribution in [0.2, 0.25) is 0 Å². The Bertz CT molecular complexity index is 1170. The quantitative estimate of drug-likeness (QED) is 0.433. The highest BCUT2D eigenvalue weighted by molar-refractivity contribution is 6.05. The fourth-order valence-electron chi connectivity index (χ4n) is 3.86. The van der Waals surface area contributed by atoms with Gasteiger partial charge < -0.3 is 25.1 Å². The molecular formula is C24H26N4O5. The second-order valence-electron chi connectivity index (χ2n) is 7.80. The highest BCUT2D eigenvalue weighted by Crippen LogP contribution is 2.24. The molecule has 0 saturated carbocycles. The van der Waals surface area contributed by atoms with Crippen molar-refractivity contribution in [3.8, 4) is 11.5 Å². The Morgan fingerprint density at radius 1 is 1.06 bits per heavy atom. The Hall–Kier alpha value is -4.01. The number of urea groups is 1. The summed E-state index contributed by atoms with van der Waals surface area (Å²) in [5.41, 5.74) is 2.84. The molecule has 9 nitrogen and oxygen atoms in total. The van der Waals surface area contributed by atoms with Crippen molar-refractivity contribution in [1.29, 1.82) is 0 Å². The zero-order chi connectivity index (χ0) is 23.4. The predicted molar refractivity (Wildman–Crippen MR) is 122 cm³/mol. The number of fused-ring (bicyclic) bond motifs is 1. The maximum absolute atomic E-state index is 12.7. The van der Waals surface area contributed by atoms with Gasteiger partial charge in [0.25, 0.3) is 5.91 Å². The van der Waals surface area contributed by atoms with E-state index in [1.807, 2.05) is 24.4 Å². The number of hydrogen-bond donors (Lipinski definition) is 3. The Labute approximate surface area is 191 Å². The summed E-state index contributed by atoms with van der Waals surface area (Å²) in [6, 6.07) is 11.5. The van der Waals surface area contributed by atoms with Gasteiger partial charge in [-0.3, -0.25) is 14.5 Å². The lowest BCUT2D eigenvalue weighted by Gasteiger charge is -2.13. The van der Waals surface area contributed by atoms with Crippen LogP contribution in [0.25, 0.3) is 10.9 Å². The van der Waals surface area contributed by atoms with Gasteiger partial charge in [-0.1, -0.05) is 12.1 Å². The number of benzene rings is 2. The molecule has 1 atom stereocenters. The molecule has 0 radical (unpaired) electrons. The van der Waals surface area contributed by atoms with Gasteiger partial charge in [0.2, 0.25) is 5.91 Å². The molecule has 0 bridgehead atoms. The third kappa shape index (κ3) is 4.92. The molecule has 4 rings (SSSR count).